The Morgan fingerprint density at radius 1 is 1.03 bits per heavy atom. The van der Waals surface area contributed by atoms with Gasteiger partial charge in [-0.25, -0.2) is 4.79 Å². The first-order chi connectivity index (χ1) is 15.9. The van der Waals surface area contributed by atoms with Crippen LogP contribution in [0.2, 0.25) is 0 Å². The van der Waals surface area contributed by atoms with Gasteiger partial charge < -0.3 is 26.8 Å². The van der Waals surface area contributed by atoms with Gasteiger partial charge >= 0.3 is 5.97 Å². The highest BCUT2D eigenvalue weighted by Gasteiger charge is 2.30. The van der Waals surface area contributed by atoms with Gasteiger partial charge in [-0.2, -0.15) is 0 Å². The molecule has 1 aromatic rings. The maximum atomic E-state index is 13.0. The Morgan fingerprint density at radius 2 is 1.65 bits per heavy atom. The van der Waals surface area contributed by atoms with Gasteiger partial charge in [-0.3, -0.25) is 19.2 Å². The standard InChI is InChI=1S/C24H34N4O6/c1-5-21(30)26-18(11-14(2)3)22(31)28-19(13-16-8-6-7-15(4)12-16)23(32)27-17(24(33)34)9-10-20(25)29/h5-8,12,14,17-19H,1,9-11,13H2,2-4H3,(H2,25,29)(H,26,30)(H,27,32)(H,28,31)(H,33,34)/t17-,18-,19-/m0/s1. The van der Waals surface area contributed by atoms with E-state index in [1.54, 1.807) is 12.1 Å². The average Bonchev–Trinajstić information content (AvgIpc) is 2.74. The van der Waals surface area contributed by atoms with Crippen LogP contribution in [0.4, 0.5) is 0 Å². The van der Waals surface area contributed by atoms with Crippen molar-refractivity contribution in [3.05, 3.63) is 48.0 Å². The summed E-state index contributed by atoms with van der Waals surface area (Å²) in [5, 5.41) is 17.0. The number of benzene rings is 1. The van der Waals surface area contributed by atoms with Crippen LogP contribution in [0, 0.1) is 12.8 Å². The molecule has 0 fully saturated rings. The van der Waals surface area contributed by atoms with Crippen LogP contribution in [0.15, 0.2) is 36.9 Å². The van der Waals surface area contributed by atoms with E-state index in [1.165, 1.54) is 0 Å². The molecule has 0 aromatic heterocycles. The van der Waals surface area contributed by atoms with Crippen LogP contribution >= 0.6 is 0 Å². The number of carbonyl (C=O) groups excluding carboxylic acids is 4. The number of carbonyl (C=O) groups is 5. The van der Waals surface area contributed by atoms with Crippen LogP contribution in [0.25, 0.3) is 0 Å². The Balaban J connectivity index is 3.14. The quantitative estimate of drug-likeness (QED) is 0.247. The molecule has 3 atom stereocenters. The minimum absolute atomic E-state index is 0.0649. The zero-order valence-electron chi connectivity index (χ0n) is 19.8. The maximum absolute atomic E-state index is 13.0. The lowest BCUT2D eigenvalue weighted by atomic mass is 10.00. The lowest BCUT2D eigenvalue weighted by Crippen LogP contribution is -2.56. The summed E-state index contributed by atoms with van der Waals surface area (Å²) < 4.78 is 0. The third kappa shape index (κ3) is 10.3. The second kappa shape index (κ2) is 13.8. The van der Waals surface area contributed by atoms with E-state index in [4.69, 9.17) is 5.73 Å². The van der Waals surface area contributed by atoms with Crippen LogP contribution < -0.4 is 21.7 Å². The van der Waals surface area contributed by atoms with E-state index in [2.05, 4.69) is 22.5 Å². The first-order valence-electron chi connectivity index (χ1n) is 11.0. The molecule has 186 valence electrons. The van der Waals surface area contributed by atoms with Crippen LogP contribution in [-0.4, -0.2) is 52.8 Å². The molecule has 0 spiro atoms. The second-order valence-corrected chi connectivity index (χ2v) is 8.55. The Labute approximate surface area is 199 Å². The summed E-state index contributed by atoms with van der Waals surface area (Å²) in [6.07, 6.45) is 1.04. The van der Waals surface area contributed by atoms with Crippen molar-refractivity contribution < 1.29 is 29.1 Å². The molecule has 10 nitrogen and oxygen atoms in total. The summed E-state index contributed by atoms with van der Waals surface area (Å²) in [5.74, 6) is -3.80. The third-order valence-corrected chi connectivity index (χ3v) is 4.97. The molecule has 0 aliphatic rings. The molecular weight excluding hydrogens is 440 g/mol. The molecule has 10 heteroatoms. The van der Waals surface area contributed by atoms with E-state index in [1.807, 2.05) is 32.9 Å². The number of primary amides is 1. The first kappa shape index (κ1) is 28.3. The first-order valence-corrected chi connectivity index (χ1v) is 11.0. The van der Waals surface area contributed by atoms with Crippen LogP contribution in [0.3, 0.4) is 0 Å². The number of carboxylic acid groups (broad SMARTS) is 1. The van der Waals surface area contributed by atoms with Gasteiger partial charge in [0.25, 0.3) is 0 Å². The summed E-state index contributed by atoms with van der Waals surface area (Å²) >= 11 is 0. The third-order valence-electron chi connectivity index (χ3n) is 4.97. The van der Waals surface area contributed by atoms with Gasteiger partial charge in [0, 0.05) is 12.8 Å². The number of aliphatic carboxylic acids is 1. The fourth-order valence-corrected chi connectivity index (χ4v) is 3.31. The normalized spacial score (nSPS) is 13.3. The molecule has 0 unspecified atom stereocenters. The highest BCUT2D eigenvalue weighted by molar-refractivity contribution is 5.95. The summed E-state index contributed by atoms with van der Waals surface area (Å²) in [4.78, 5) is 60.5. The monoisotopic (exact) mass is 474 g/mol. The van der Waals surface area contributed by atoms with Crippen molar-refractivity contribution in [2.24, 2.45) is 11.7 Å². The predicted octanol–water partition coefficient (Wildman–Crippen LogP) is 0.574. The van der Waals surface area contributed by atoms with Gasteiger partial charge in [-0.05, 0) is 37.3 Å². The average molecular weight is 475 g/mol. The number of nitrogens with two attached hydrogens (primary N) is 1. The van der Waals surface area contributed by atoms with Crippen molar-refractivity contribution >= 4 is 29.6 Å². The van der Waals surface area contributed by atoms with Crippen LogP contribution in [-0.2, 0) is 30.4 Å². The lowest BCUT2D eigenvalue weighted by molar-refractivity contribution is -0.142. The van der Waals surface area contributed by atoms with Crippen LogP contribution in [0.5, 0.6) is 0 Å². The van der Waals surface area contributed by atoms with E-state index >= 15 is 0 Å². The maximum Gasteiger partial charge on any atom is 0.326 e. The molecule has 0 radical (unpaired) electrons. The molecule has 6 N–H and O–H groups in total. The Bertz CT molecular complexity index is 914. The van der Waals surface area contributed by atoms with E-state index in [0.717, 1.165) is 17.2 Å². The Kier molecular flexibility index (Phi) is 11.5. The molecular formula is C24H34N4O6. The number of aryl methyl sites for hydroxylation is 1. The zero-order chi connectivity index (χ0) is 25.8. The minimum atomic E-state index is -1.36. The van der Waals surface area contributed by atoms with Crippen molar-refractivity contribution in [2.45, 2.75) is 64.6 Å². The highest BCUT2D eigenvalue weighted by Crippen LogP contribution is 2.10. The highest BCUT2D eigenvalue weighted by atomic mass is 16.4. The SMILES string of the molecule is C=CC(=O)N[C@@H](CC(C)C)C(=O)N[C@@H](Cc1cccc(C)c1)C(=O)N[C@@H](CCC(N)=O)C(=O)O. The van der Waals surface area contributed by atoms with Crippen LogP contribution in [0.1, 0.15) is 44.2 Å². The minimum Gasteiger partial charge on any atom is -0.480 e. The van der Waals surface area contributed by atoms with Gasteiger partial charge in [0.1, 0.15) is 18.1 Å². The van der Waals surface area contributed by atoms with E-state index in [9.17, 15) is 29.1 Å². The summed E-state index contributed by atoms with van der Waals surface area (Å²) in [6.45, 7) is 9.03. The number of carboxylic acids is 1. The van der Waals surface area contributed by atoms with Crippen molar-refractivity contribution in [3.8, 4) is 0 Å². The van der Waals surface area contributed by atoms with Crippen molar-refractivity contribution in [1.82, 2.24) is 16.0 Å². The molecule has 34 heavy (non-hydrogen) atoms. The van der Waals surface area contributed by atoms with Gasteiger partial charge in [0.15, 0.2) is 0 Å². The van der Waals surface area contributed by atoms with Gasteiger partial charge in [-0.1, -0.05) is 50.3 Å². The molecule has 0 saturated carbocycles. The number of hydrogen-bond donors (Lipinski definition) is 5. The van der Waals surface area contributed by atoms with Crippen molar-refractivity contribution in [1.29, 1.82) is 0 Å². The molecule has 1 rings (SSSR count). The predicted molar refractivity (Wildman–Crippen MR) is 126 cm³/mol. The second-order valence-electron chi connectivity index (χ2n) is 8.55. The number of amides is 4. The van der Waals surface area contributed by atoms with Crippen molar-refractivity contribution in [3.63, 3.8) is 0 Å². The number of rotatable bonds is 14. The van der Waals surface area contributed by atoms with E-state index in [-0.39, 0.29) is 25.2 Å². The topological polar surface area (TPSA) is 168 Å². The number of hydrogen-bond acceptors (Lipinski definition) is 5. The summed E-state index contributed by atoms with van der Waals surface area (Å²) in [7, 11) is 0. The zero-order valence-corrected chi connectivity index (χ0v) is 19.8. The fraction of sp³-hybridized carbons (Fsp3) is 0.458. The van der Waals surface area contributed by atoms with Crippen molar-refractivity contribution in [2.75, 3.05) is 0 Å². The van der Waals surface area contributed by atoms with E-state index in [0.29, 0.717) is 6.42 Å². The largest absolute Gasteiger partial charge is 0.480 e. The summed E-state index contributed by atoms with van der Waals surface area (Å²) in [6, 6.07) is 3.92. The Morgan fingerprint density at radius 3 is 2.18 bits per heavy atom. The molecule has 1 aromatic carbocycles. The van der Waals surface area contributed by atoms with Gasteiger partial charge in [0.2, 0.25) is 23.6 Å². The number of nitrogens with one attached hydrogen (secondary N) is 3. The molecule has 4 amide bonds. The smallest absolute Gasteiger partial charge is 0.326 e. The van der Waals surface area contributed by atoms with E-state index < -0.39 is 47.7 Å². The molecule has 0 aliphatic heterocycles. The van der Waals surface area contributed by atoms with Gasteiger partial charge in [-0.15, -0.1) is 0 Å². The molecule has 0 saturated heterocycles. The fourth-order valence-electron chi connectivity index (χ4n) is 3.31. The van der Waals surface area contributed by atoms with Gasteiger partial charge in [0.05, 0.1) is 0 Å². The summed E-state index contributed by atoms with van der Waals surface area (Å²) in [5.41, 5.74) is 6.79. The Hall–Kier alpha value is -3.69. The molecule has 0 heterocycles. The molecule has 0 aliphatic carbocycles. The lowest BCUT2D eigenvalue weighted by Gasteiger charge is -2.25. The molecule has 0 bridgehead atoms.